The summed E-state index contributed by atoms with van der Waals surface area (Å²) < 4.78 is 26.3. The summed E-state index contributed by atoms with van der Waals surface area (Å²) in [5, 5.41) is 3.70. The summed E-state index contributed by atoms with van der Waals surface area (Å²) in [4.78, 5) is 10.9. The van der Waals surface area contributed by atoms with Gasteiger partial charge in [0.2, 0.25) is 5.88 Å². The first-order valence-electron chi connectivity index (χ1n) is 9.96. The average Bonchev–Trinajstić information content (AvgIpc) is 2.75. The van der Waals surface area contributed by atoms with Crippen LogP contribution >= 0.6 is 28.3 Å². The molecule has 0 saturated carbocycles. The first-order chi connectivity index (χ1) is 14.6. The van der Waals surface area contributed by atoms with Crippen LogP contribution in [0.3, 0.4) is 0 Å². The number of likely N-dealkylation sites (tertiary alicyclic amines) is 1. The van der Waals surface area contributed by atoms with Crippen molar-refractivity contribution in [3.63, 3.8) is 0 Å². The molecule has 6 nitrogen and oxygen atoms in total. The monoisotopic (exact) mass is 510 g/mol. The number of aromatic nitrogens is 2. The van der Waals surface area contributed by atoms with Crippen LogP contribution in [-0.4, -0.2) is 48.3 Å². The lowest BCUT2D eigenvalue weighted by Crippen LogP contribution is -2.32. The number of nitrogens with one attached hydrogen (secondary N) is 1. The number of fused-ring (bicyclic) bond motifs is 1. The molecule has 9 heteroatoms. The fourth-order valence-electron chi connectivity index (χ4n) is 3.47. The molecule has 2 aromatic carbocycles. The van der Waals surface area contributed by atoms with Gasteiger partial charge in [-0.3, -0.25) is 0 Å². The number of piperidine rings is 1. The summed E-state index contributed by atoms with van der Waals surface area (Å²) in [5.41, 5.74) is 1.11. The number of halogens is 3. The van der Waals surface area contributed by atoms with Gasteiger partial charge >= 0.3 is 0 Å². The molecular formula is C22H25BrClFN4O2. The van der Waals surface area contributed by atoms with Crippen LogP contribution in [0.1, 0.15) is 12.8 Å². The molecule has 4 rings (SSSR count). The zero-order chi connectivity index (χ0) is 20.9. The van der Waals surface area contributed by atoms with Crippen molar-refractivity contribution < 1.29 is 13.9 Å². The minimum absolute atomic E-state index is 0. The van der Waals surface area contributed by atoms with Crippen LogP contribution in [0.25, 0.3) is 10.9 Å². The molecule has 1 aromatic heterocycles. The molecule has 0 amide bonds. The van der Waals surface area contributed by atoms with Gasteiger partial charge in [-0.2, -0.15) is 0 Å². The van der Waals surface area contributed by atoms with Gasteiger partial charge in [-0.15, -0.1) is 12.4 Å². The Morgan fingerprint density at radius 3 is 2.71 bits per heavy atom. The van der Waals surface area contributed by atoms with Crippen molar-refractivity contribution in [3.05, 3.63) is 53.0 Å². The molecule has 1 saturated heterocycles. The van der Waals surface area contributed by atoms with Crippen molar-refractivity contribution in [1.29, 1.82) is 0 Å². The smallest absolute Gasteiger partial charge is 0.226 e. The van der Waals surface area contributed by atoms with Crippen molar-refractivity contribution >= 4 is 44.9 Å². The topological polar surface area (TPSA) is 59.5 Å². The highest BCUT2D eigenvalue weighted by molar-refractivity contribution is 9.10. The van der Waals surface area contributed by atoms with Gasteiger partial charge in [-0.25, -0.2) is 14.4 Å². The van der Waals surface area contributed by atoms with Gasteiger partial charge in [-0.1, -0.05) is 15.9 Å². The maximum Gasteiger partial charge on any atom is 0.226 e. The summed E-state index contributed by atoms with van der Waals surface area (Å²) in [6.07, 6.45) is 3.78. The number of ether oxygens (including phenoxy) is 2. The second-order valence-corrected chi connectivity index (χ2v) is 8.42. The quantitative estimate of drug-likeness (QED) is 0.444. The SMILES string of the molecule is CN1CCC(COc2ccc3c(OCNc4ccc(Br)cc4F)ncnc3c2)CC1.Cl. The molecule has 1 aliphatic rings. The highest BCUT2D eigenvalue weighted by atomic mass is 79.9. The van der Waals surface area contributed by atoms with E-state index in [1.165, 1.54) is 12.4 Å². The lowest BCUT2D eigenvalue weighted by atomic mass is 9.98. The maximum atomic E-state index is 13.9. The minimum Gasteiger partial charge on any atom is -0.493 e. The van der Waals surface area contributed by atoms with Crippen LogP contribution in [0.15, 0.2) is 47.2 Å². The molecule has 0 aliphatic carbocycles. The highest BCUT2D eigenvalue weighted by Gasteiger charge is 2.17. The van der Waals surface area contributed by atoms with E-state index >= 15 is 0 Å². The molecule has 0 bridgehead atoms. The van der Waals surface area contributed by atoms with Crippen LogP contribution in [0.4, 0.5) is 10.1 Å². The van der Waals surface area contributed by atoms with Crippen LogP contribution in [0.2, 0.25) is 0 Å². The van der Waals surface area contributed by atoms with Gasteiger partial charge in [-0.05, 0) is 69.2 Å². The molecule has 3 aromatic rings. The lowest BCUT2D eigenvalue weighted by Gasteiger charge is -2.28. The number of nitrogens with zero attached hydrogens (tertiary/aromatic N) is 3. The van der Waals surface area contributed by atoms with Crippen LogP contribution in [-0.2, 0) is 0 Å². The summed E-state index contributed by atoms with van der Waals surface area (Å²) in [5.74, 6) is 1.46. The number of anilines is 1. The van der Waals surface area contributed by atoms with Gasteiger partial charge in [0.15, 0.2) is 6.73 Å². The van der Waals surface area contributed by atoms with Gasteiger partial charge in [0, 0.05) is 10.5 Å². The highest BCUT2D eigenvalue weighted by Crippen LogP contribution is 2.27. The third kappa shape index (κ3) is 6.18. The molecular weight excluding hydrogens is 487 g/mol. The lowest BCUT2D eigenvalue weighted by molar-refractivity contribution is 0.160. The van der Waals surface area contributed by atoms with E-state index < -0.39 is 0 Å². The van der Waals surface area contributed by atoms with E-state index in [9.17, 15) is 4.39 Å². The van der Waals surface area contributed by atoms with E-state index in [1.54, 1.807) is 12.1 Å². The molecule has 1 aliphatic heterocycles. The molecule has 31 heavy (non-hydrogen) atoms. The van der Waals surface area contributed by atoms with Crippen LogP contribution in [0.5, 0.6) is 11.6 Å². The van der Waals surface area contributed by atoms with Crippen LogP contribution < -0.4 is 14.8 Å². The maximum absolute atomic E-state index is 13.9. The van der Waals surface area contributed by atoms with Crippen molar-refractivity contribution in [3.8, 4) is 11.6 Å². The van der Waals surface area contributed by atoms with Crippen molar-refractivity contribution in [2.24, 2.45) is 5.92 Å². The van der Waals surface area contributed by atoms with Crippen molar-refractivity contribution in [2.45, 2.75) is 12.8 Å². The third-order valence-corrected chi connectivity index (χ3v) is 5.79. The largest absolute Gasteiger partial charge is 0.493 e. The summed E-state index contributed by atoms with van der Waals surface area (Å²) in [6, 6.07) is 10.5. The summed E-state index contributed by atoms with van der Waals surface area (Å²) in [6.45, 7) is 3.05. The zero-order valence-corrected chi connectivity index (χ0v) is 19.6. The summed E-state index contributed by atoms with van der Waals surface area (Å²) >= 11 is 3.24. The molecule has 1 fully saturated rings. The molecule has 166 valence electrons. The predicted molar refractivity (Wildman–Crippen MR) is 126 cm³/mol. The first-order valence-corrected chi connectivity index (χ1v) is 10.8. The minimum atomic E-state index is -0.355. The van der Waals surface area contributed by atoms with Gasteiger partial charge < -0.3 is 19.7 Å². The molecule has 0 atom stereocenters. The van der Waals surface area contributed by atoms with Gasteiger partial charge in [0.1, 0.15) is 17.9 Å². The molecule has 2 heterocycles. The standard InChI is InChI=1S/C22H24BrFN4O2.ClH/c1-28-8-6-15(7-9-28)12-29-17-3-4-18-21(11-17)25-13-26-22(18)30-14-27-20-5-2-16(23)10-19(20)24;/h2-5,10-11,13,15,27H,6-9,12,14H2,1H3;1H. The second kappa shape index (κ2) is 10.9. The van der Waals surface area contributed by atoms with E-state index in [2.05, 4.69) is 43.2 Å². The van der Waals surface area contributed by atoms with Crippen molar-refractivity contribution in [1.82, 2.24) is 14.9 Å². The fraction of sp³-hybridized carbons (Fsp3) is 0.364. The Hall–Kier alpha value is -2.16. The Bertz CT molecular complexity index is 1020. The van der Waals surface area contributed by atoms with Crippen LogP contribution in [0, 0.1) is 11.7 Å². The first kappa shape index (κ1) is 23.5. The summed E-state index contributed by atoms with van der Waals surface area (Å²) in [7, 11) is 2.16. The predicted octanol–water partition coefficient (Wildman–Crippen LogP) is 5.12. The van der Waals surface area contributed by atoms with E-state index in [-0.39, 0.29) is 25.0 Å². The molecule has 1 N–H and O–H groups in total. The molecule has 0 unspecified atom stereocenters. The van der Waals surface area contributed by atoms with Gasteiger partial charge in [0.05, 0.1) is 23.2 Å². The molecule has 0 radical (unpaired) electrons. The Balaban J connectivity index is 0.00000272. The zero-order valence-electron chi connectivity index (χ0n) is 17.2. The van der Waals surface area contributed by atoms with Crippen molar-refractivity contribution in [2.75, 3.05) is 38.8 Å². The van der Waals surface area contributed by atoms with E-state index in [0.29, 0.717) is 22.0 Å². The Labute approximate surface area is 195 Å². The average molecular weight is 512 g/mol. The van der Waals surface area contributed by atoms with Gasteiger partial charge in [0.25, 0.3) is 0 Å². The number of hydrogen-bond donors (Lipinski definition) is 1. The molecule has 0 spiro atoms. The van der Waals surface area contributed by atoms with E-state index in [1.807, 2.05) is 18.2 Å². The number of hydrogen-bond acceptors (Lipinski definition) is 6. The Morgan fingerprint density at radius 2 is 1.94 bits per heavy atom. The van der Waals surface area contributed by atoms with E-state index in [4.69, 9.17) is 9.47 Å². The normalized spacial score (nSPS) is 14.8. The third-order valence-electron chi connectivity index (χ3n) is 5.30. The van der Waals surface area contributed by atoms with E-state index in [0.717, 1.165) is 49.2 Å². The Morgan fingerprint density at radius 1 is 1.13 bits per heavy atom. The Kier molecular flexibility index (Phi) is 8.28. The second-order valence-electron chi connectivity index (χ2n) is 7.51. The fourth-order valence-corrected chi connectivity index (χ4v) is 3.81. The number of benzene rings is 2. The number of rotatable bonds is 7.